The second-order valence-electron chi connectivity index (χ2n) is 5.62. The number of carbonyl (C=O) groups excluding carboxylic acids is 2. The van der Waals surface area contributed by atoms with Gasteiger partial charge in [0.15, 0.2) is 4.96 Å². The highest BCUT2D eigenvalue weighted by atomic mass is 32.1. The van der Waals surface area contributed by atoms with Gasteiger partial charge in [0.2, 0.25) is 5.91 Å². The number of hydrogen-bond donors (Lipinski definition) is 0. The molecule has 0 aliphatic carbocycles. The van der Waals surface area contributed by atoms with Gasteiger partial charge in [-0.15, -0.1) is 22.7 Å². The number of thiophene rings is 1. The summed E-state index contributed by atoms with van der Waals surface area (Å²) in [6, 6.07) is 1.93. The fourth-order valence-corrected chi connectivity index (χ4v) is 4.71. The van der Waals surface area contributed by atoms with Gasteiger partial charge in [-0.2, -0.15) is 0 Å². The third kappa shape index (κ3) is 2.51. The number of imidazole rings is 1. The maximum atomic E-state index is 12.8. The Labute approximate surface area is 140 Å². The zero-order valence-electron chi connectivity index (χ0n) is 12.7. The first-order valence-corrected chi connectivity index (χ1v) is 9.23. The Bertz CT molecular complexity index is 894. The average molecular weight is 348 g/mol. The standard InChI is InChI=1S/C15H16N4O2S2/c1-10(20)17-3-2-4-18(6-5-17)14(21)12-9-11-13(23-12)16-15-19(11)7-8-22-15/h7-9H,2-6H2,1H3. The lowest BCUT2D eigenvalue weighted by atomic mass is 10.3. The van der Waals surface area contributed by atoms with E-state index in [9.17, 15) is 9.59 Å². The van der Waals surface area contributed by atoms with Crippen molar-refractivity contribution in [2.24, 2.45) is 0 Å². The lowest BCUT2D eigenvalue weighted by molar-refractivity contribution is -0.128. The summed E-state index contributed by atoms with van der Waals surface area (Å²) in [6.07, 6.45) is 2.80. The maximum absolute atomic E-state index is 12.8. The van der Waals surface area contributed by atoms with Gasteiger partial charge in [-0.05, 0) is 12.5 Å². The number of amides is 2. The van der Waals surface area contributed by atoms with Gasteiger partial charge in [-0.3, -0.25) is 14.0 Å². The van der Waals surface area contributed by atoms with Gasteiger partial charge in [0, 0.05) is 44.7 Å². The molecule has 8 heteroatoms. The molecular weight excluding hydrogens is 332 g/mol. The van der Waals surface area contributed by atoms with E-state index in [1.54, 1.807) is 18.3 Å². The molecule has 4 heterocycles. The molecule has 1 saturated heterocycles. The number of nitrogens with zero attached hydrogens (tertiary/aromatic N) is 4. The average Bonchev–Trinajstić information content (AvgIpc) is 3.13. The molecule has 0 atom stereocenters. The molecule has 4 rings (SSSR count). The molecule has 0 unspecified atom stereocenters. The number of aromatic nitrogens is 2. The summed E-state index contributed by atoms with van der Waals surface area (Å²) in [5.74, 6) is 0.122. The fourth-order valence-electron chi connectivity index (χ4n) is 2.94. The number of fused-ring (bicyclic) bond motifs is 3. The second kappa shape index (κ2) is 5.61. The smallest absolute Gasteiger partial charge is 0.264 e. The molecule has 0 aromatic carbocycles. The third-order valence-electron chi connectivity index (χ3n) is 4.18. The van der Waals surface area contributed by atoms with Gasteiger partial charge in [0.05, 0.1) is 10.4 Å². The molecule has 0 spiro atoms. The minimum Gasteiger partial charge on any atom is -0.341 e. The molecule has 1 fully saturated rings. The van der Waals surface area contributed by atoms with E-state index in [0.29, 0.717) is 19.6 Å². The van der Waals surface area contributed by atoms with Crippen molar-refractivity contribution in [3.05, 3.63) is 22.5 Å². The first-order valence-electron chi connectivity index (χ1n) is 7.53. The molecule has 0 N–H and O–H groups in total. The van der Waals surface area contributed by atoms with Crippen molar-refractivity contribution in [3.8, 4) is 0 Å². The molecule has 23 heavy (non-hydrogen) atoms. The molecule has 1 aliphatic heterocycles. The Morgan fingerprint density at radius 2 is 1.96 bits per heavy atom. The number of thiazole rings is 1. The van der Waals surface area contributed by atoms with Crippen LogP contribution in [0.5, 0.6) is 0 Å². The van der Waals surface area contributed by atoms with Gasteiger partial charge in [0.1, 0.15) is 4.83 Å². The van der Waals surface area contributed by atoms with E-state index in [-0.39, 0.29) is 11.8 Å². The van der Waals surface area contributed by atoms with E-state index < -0.39 is 0 Å². The Hall–Kier alpha value is -1.93. The van der Waals surface area contributed by atoms with Crippen LogP contribution < -0.4 is 0 Å². The van der Waals surface area contributed by atoms with Crippen molar-refractivity contribution in [1.82, 2.24) is 19.2 Å². The van der Waals surface area contributed by atoms with Crippen molar-refractivity contribution in [2.75, 3.05) is 26.2 Å². The monoisotopic (exact) mass is 348 g/mol. The minimum absolute atomic E-state index is 0.0439. The number of rotatable bonds is 1. The van der Waals surface area contributed by atoms with Crippen molar-refractivity contribution in [2.45, 2.75) is 13.3 Å². The maximum Gasteiger partial charge on any atom is 0.264 e. The summed E-state index contributed by atoms with van der Waals surface area (Å²) < 4.78 is 2.02. The van der Waals surface area contributed by atoms with Crippen LogP contribution in [0.1, 0.15) is 23.0 Å². The van der Waals surface area contributed by atoms with Gasteiger partial charge in [-0.25, -0.2) is 4.98 Å². The first kappa shape index (κ1) is 14.6. The van der Waals surface area contributed by atoms with Gasteiger partial charge in [-0.1, -0.05) is 0 Å². The second-order valence-corrected chi connectivity index (χ2v) is 7.52. The van der Waals surface area contributed by atoms with E-state index in [4.69, 9.17) is 0 Å². The lowest BCUT2D eigenvalue weighted by Gasteiger charge is -2.20. The Morgan fingerprint density at radius 1 is 1.17 bits per heavy atom. The van der Waals surface area contributed by atoms with Gasteiger partial charge >= 0.3 is 0 Å². The van der Waals surface area contributed by atoms with Crippen LogP contribution in [-0.4, -0.2) is 57.2 Å². The summed E-state index contributed by atoms with van der Waals surface area (Å²) >= 11 is 3.04. The van der Waals surface area contributed by atoms with E-state index in [2.05, 4.69) is 4.98 Å². The lowest BCUT2D eigenvalue weighted by Crippen LogP contribution is -2.36. The molecule has 0 saturated carbocycles. The highest BCUT2D eigenvalue weighted by Gasteiger charge is 2.23. The SMILES string of the molecule is CC(=O)N1CCCN(C(=O)c2cc3c(nc4sccn43)s2)CC1. The molecular formula is C15H16N4O2S2. The van der Waals surface area contributed by atoms with Crippen LogP contribution in [0.25, 0.3) is 15.3 Å². The number of hydrogen-bond acceptors (Lipinski definition) is 5. The third-order valence-corrected chi connectivity index (χ3v) is 5.94. The normalized spacial score (nSPS) is 16.2. The van der Waals surface area contributed by atoms with Crippen molar-refractivity contribution in [3.63, 3.8) is 0 Å². The predicted molar refractivity (Wildman–Crippen MR) is 91.2 cm³/mol. The molecule has 0 bridgehead atoms. The van der Waals surface area contributed by atoms with Crippen LogP contribution in [0.3, 0.4) is 0 Å². The Balaban J connectivity index is 1.58. The molecule has 1 aliphatic rings. The highest BCUT2D eigenvalue weighted by Crippen LogP contribution is 2.29. The van der Waals surface area contributed by atoms with Crippen LogP contribution >= 0.6 is 22.7 Å². The van der Waals surface area contributed by atoms with Crippen molar-refractivity contribution in [1.29, 1.82) is 0 Å². The van der Waals surface area contributed by atoms with Crippen molar-refractivity contribution >= 4 is 49.8 Å². The predicted octanol–water partition coefficient (Wildman–Crippen LogP) is 2.30. The highest BCUT2D eigenvalue weighted by molar-refractivity contribution is 7.21. The molecule has 2 amide bonds. The summed E-state index contributed by atoms with van der Waals surface area (Å²) in [5, 5.41) is 1.99. The Morgan fingerprint density at radius 3 is 2.78 bits per heavy atom. The Kier molecular flexibility index (Phi) is 3.57. The number of carbonyl (C=O) groups is 2. The molecule has 3 aromatic heterocycles. The van der Waals surface area contributed by atoms with Crippen LogP contribution in [0.4, 0.5) is 0 Å². The van der Waals surface area contributed by atoms with E-state index in [1.807, 2.05) is 31.8 Å². The van der Waals surface area contributed by atoms with Gasteiger partial charge < -0.3 is 9.80 Å². The molecule has 120 valence electrons. The summed E-state index contributed by atoms with van der Waals surface area (Å²) in [6.45, 7) is 4.20. The minimum atomic E-state index is 0.0439. The van der Waals surface area contributed by atoms with E-state index in [1.165, 1.54) is 11.3 Å². The van der Waals surface area contributed by atoms with E-state index in [0.717, 1.165) is 33.2 Å². The summed E-state index contributed by atoms with van der Waals surface area (Å²) in [5.41, 5.74) is 0.995. The van der Waals surface area contributed by atoms with Crippen molar-refractivity contribution < 1.29 is 9.59 Å². The van der Waals surface area contributed by atoms with Crippen LogP contribution in [0.2, 0.25) is 0 Å². The quantitative estimate of drug-likeness (QED) is 0.678. The van der Waals surface area contributed by atoms with Crippen LogP contribution in [0, 0.1) is 0 Å². The van der Waals surface area contributed by atoms with Gasteiger partial charge in [0.25, 0.3) is 5.91 Å². The zero-order valence-corrected chi connectivity index (χ0v) is 14.3. The molecule has 6 nitrogen and oxygen atoms in total. The zero-order chi connectivity index (χ0) is 16.0. The summed E-state index contributed by atoms with van der Waals surface area (Å²) in [4.78, 5) is 35.1. The van der Waals surface area contributed by atoms with Crippen LogP contribution in [-0.2, 0) is 4.79 Å². The van der Waals surface area contributed by atoms with Crippen LogP contribution in [0.15, 0.2) is 17.6 Å². The first-order chi connectivity index (χ1) is 11.1. The fraction of sp³-hybridized carbons (Fsp3) is 0.400. The molecule has 3 aromatic rings. The topological polar surface area (TPSA) is 57.9 Å². The largest absolute Gasteiger partial charge is 0.341 e. The molecule has 0 radical (unpaired) electrons. The summed E-state index contributed by atoms with van der Waals surface area (Å²) in [7, 11) is 0. The van der Waals surface area contributed by atoms with E-state index >= 15 is 0 Å².